The summed E-state index contributed by atoms with van der Waals surface area (Å²) in [6, 6.07) is 3.65. The Hall–Kier alpha value is -1.00. The molecular formula is C11H14BrNO6S. The molecule has 0 atom stereocenters. The predicted octanol–water partition coefficient (Wildman–Crippen LogP) is 1.04. The third kappa shape index (κ3) is 4.25. The van der Waals surface area contributed by atoms with Crippen molar-refractivity contribution in [2.45, 2.75) is 11.2 Å². The van der Waals surface area contributed by atoms with E-state index in [1.54, 1.807) is 0 Å². The van der Waals surface area contributed by atoms with Crippen LogP contribution in [-0.2, 0) is 19.5 Å². The van der Waals surface area contributed by atoms with Gasteiger partial charge in [-0.05, 0) is 34.1 Å². The van der Waals surface area contributed by atoms with Gasteiger partial charge in [0, 0.05) is 18.7 Å². The maximum atomic E-state index is 12.1. The number of ether oxygens (including phenoxy) is 2. The molecule has 0 aliphatic heterocycles. The molecule has 0 unspecified atom stereocenters. The van der Waals surface area contributed by atoms with Gasteiger partial charge in [0.2, 0.25) is 10.0 Å². The minimum atomic E-state index is -3.80. The first-order valence-corrected chi connectivity index (χ1v) is 7.67. The summed E-state index contributed by atoms with van der Waals surface area (Å²) in [4.78, 5) is 10.7. The van der Waals surface area contributed by atoms with Gasteiger partial charge in [0.25, 0.3) is 0 Å². The minimum absolute atomic E-state index is 0.0116. The summed E-state index contributed by atoms with van der Waals surface area (Å²) in [5, 5.41) is 8.82. The highest BCUT2D eigenvalue weighted by atomic mass is 79.9. The summed E-state index contributed by atoms with van der Waals surface area (Å²) in [5.74, 6) is -1.14. The number of carbonyl (C=O) groups is 1. The number of carboxylic acid groups (broad SMARTS) is 1. The van der Waals surface area contributed by atoms with Crippen LogP contribution < -0.4 is 4.72 Å². The second-order valence-corrected chi connectivity index (χ2v) is 6.29. The van der Waals surface area contributed by atoms with E-state index in [0.29, 0.717) is 0 Å². The number of methoxy groups -OCH3 is 2. The Morgan fingerprint density at radius 2 is 2.00 bits per heavy atom. The summed E-state index contributed by atoms with van der Waals surface area (Å²) in [7, 11) is -1.02. The van der Waals surface area contributed by atoms with Crippen LogP contribution in [0.2, 0.25) is 0 Å². The first-order valence-electron chi connectivity index (χ1n) is 5.40. The lowest BCUT2D eigenvalue weighted by Crippen LogP contribution is -2.34. The van der Waals surface area contributed by atoms with E-state index in [2.05, 4.69) is 20.7 Å². The molecule has 1 aromatic rings. The smallest absolute Gasteiger partial charge is 0.335 e. The Morgan fingerprint density at radius 3 is 2.45 bits per heavy atom. The van der Waals surface area contributed by atoms with Gasteiger partial charge in [-0.2, -0.15) is 0 Å². The van der Waals surface area contributed by atoms with Crippen molar-refractivity contribution < 1.29 is 27.8 Å². The van der Waals surface area contributed by atoms with Crippen molar-refractivity contribution in [3.63, 3.8) is 0 Å². The molecular weight excluding hydrogens is 354 g/mol. The number of nitrogens with one attached hydrogen (secondary N) is 1. The Bertz CT molecular complexity index is 585. The van der Waals surface area contributed by atoms with E-state index in [1.807, 2.05) is 0 Å². The van der Waals surface area contributed by atoms with Crippen LogP contribution in [0, 0.1) is 0 Å². The summed E-state index contributed by atoms with van der Waals surface area (Å²) >= 11 is 3.05. The Morgan fingerprint density at radius 1 is 1.40 bits per heavy atom. The van der Waals surface area contributed by atoms with E-state index in [-0.39, 0.29) is 21.5 Å². The monoisotopic (exact) mass is 367 g/mol. The number of halogens is 1. The predicted molar refractivity (Wildman–Crippen MR) is 74.1 cm³/mol. The lowest BCUT2D eigenvalue weighted by molar-refractivity contribution is -0.0960. The van der Waals surface area contributed by atoms with Crippen LogP contribution in [0.25, 0.3) is 0 Å². The van der Waals surface area contributed by atoms with Crippen molar-refractivity contribution in [3.8, 4) is 0 Å². The van der Waals surface area contributed by atoms with E-state index < -0.39 is 22.3 Å². The molecule has 0 heterocycles. The molecule has 0 bridgehead atoms. The van der Waals surface area contributed by atoms with Crippen molar-refractivity contribution in [3.05, 3.63) is 28.2 Å². The van der Waals surface area contributed by atoms with Crippen LogP contribution in [0.5, 0.6) is 0 Å². The summed E-state index contributed by atoms with van der Waals surface area (Å²) in [6.45, 7) is -0.0670. The SMILES string of the molecule is COC(CNS(=O)(=O)c1ccc(C(=O)O)cc1Br)OC. The maximum absolute atomic E-state index is 12.1. The average Bonchev–Trinajstić information content (AvgIpc) is 2.39. The molecule has 20 heavy (non-hydrogen) atoms. The van der Waals surface area contributed by atoms with Crippen molar-refractivity contribution >= 4 is 31.9 Å². The van der Waals surface area contributed by atoms with E-state index >= 15 is 0 Å². The molecule has 0 radical (unpaired) electrons. The van der Waals surface area contributed by atoms with Gasteiger partial charge in [-0.1, -0.05) is 0 Å². The number of hydrogen-bond donors (Lipinski definition) is 2. The molecule has 112 valence electrons. The van der Waals surface area contributed by atoms with Crippen LogP contribution in [0.4, 0.5) is 0 Å². The van der Waals surface area contributed by atoms with Gasteiger partial charge in [-0.15, -0.1) is 0 Å². The fourth-order valence-corrected chi connectivity index (χ4v) is 3.46. The Balaban J connectivity index is 2.95. The summed E-state index contributed by atoms with van der Waals surface area (Å²) < 4.78 is 36.4. The molecule has 0 aromatic heterocycles. The normalized spacial score (nSPS) is 11.8. The van der Waals surface area contributed by atoms with Crippen LogP contribution >= 0.6 is 15.9 Å². The maximum Gasteiger partial charge on any atom is 0.335 e. The molecule has 0 aliphatic carbocycles. The highest BCUT2D eigenvalue weighted by Crippen LogP contribution is 2.23. The molecule has 0 aliphatic rings. The number of hydrogen-bond acceptors (Lipinski definition) is 5. The first kappa shape index (κ1) is 17.1. The molecule has 1 aromatic carbocycles. The molecule has 0 fully saturated rings. The molecule has 0 saturated heterocycles. The van der Waals surface area contributed by atoms with E-state index in [9.17, 15) is 13.2 Å². The lowest BCUT2D eigenvalue weighted by atomic mass is 10.2. The third-order valence-corrected chi connectivity index (χ3v) is 4.83. The zero-order chi connectivity index (χ0) is 15.3. The second-order valence-electron chi connectivity index (χ2n) is 3.70. The van der Waals surface area contributed by atoms with Gasteiger partial charge in [0.1, 0.15) is 0 Å². The number of rotatable bonds is 7. The highest BCUT2D eigenvalue weighted by Gasteiger charge is 2.20. The topological polar surface area (TPSA) is 102 Å². The molecule has 0 spiro atoms. The Kier molecular flexibility index (Phi) is 6.08. The van der Waals surface area contributed by atoms with E-state index in [4.69, 9.17) is 14.6 Å². The molecule has 2 N–H and O–H groups in total. The fourth-order valence-electron chi connectivity index (χ4n) is 1.37. The lowest BCUT2D eigenvalue weighted by Gasteiger charge is -2.15. The van der Waals surface area contributed by atoms with Crippen molar-refractivity contribution in [2.75, 3.05) is 20.8 Å². The van der Waals surface area contributed by atoms with Gasteiger partial charge in [-0.25, -0.2) is 17.9 Å². The molecule has 9 heteroatoms. The van der Waals surface area contributed by atoms with Crippen molar-refractivity contribution in [1.29, 1.82) is 0 Å². The Labute approximate surface area is 125 Å². The summed E-state index contributed by atoms with van der Waals surface area (Å²) in [5.41, 5.74) is -0.0116. The quantitative estimate of drug-likeness (QED) is 0.698. The van der Waals surface area contributed by atoms with Crippen LogP contribution in [0.1, 0.15) is 10.4 Å². The minimum Gasteiger partial charge on any atom is -0.478 e. The highest BCUT2D eigenvalue weighted by molar-refractivity contribution is 9.10. The van der Waals surface area contributed by atoms with Gasteiger partial charge in [0.05, 0.1) is 17.0 Å². The van der Waals surface area contributed by atoms with Gasteiger partial charge in [-0.3, -0.25) is 0 Å². The zero-order valence-corrected chi connectivity index (χ0v) is 13.2. The van der Waals surface area contributed by atoms with Gasteiger partial charge >= 0.3 is 5.97 Å². The van der Waals surface area contributed by atoms with Gasteiger partial charge < -0.3 is 14.6 Å². The van der Waals surface area contributed by atoms with Gasteiger partial charge in [0.15, 0.2) is 6.29 Å². The zero-order valence-electron chi connectivity index (χ0n) is 10.8. The van der Waals surface area contributed by atoms with Crippen molar-refractivity contribution in [1.82, 2.24) is 4.72 Å². The van der Waals surface area contributed by atoms with Crippen molar-refractivity contribution in [2.24, 2.45) is 0 Å². The van der Waals surface area contributed by atoms with Crippen LogP contribution in [-0.4, -0.2) is 46.5 Å². The number of aromatic carboxylic acids is 1. The number of sulfonamides is 1. The summed E-state index contributed by atoms with van der Waals surface area (Å²) in [6.07, 6.45) is -0.707. The van der Waals surface area contributed by atoms with E-state index in [1.165, 1.54) is 32.4 Å². The average molecular weight is 368 g/mol. The standard InChI is InChI=1S/C11H14BrNO6S/c1-18-10(19-2)6-13-20(16,17)9-4-3-7(11(14)15)5-8(9)12/h3-5,10,13H,6H2,1-2H3,(H,14,15). The number of carboxylic acids is 1. The molecule has 0 saturated carbocycles. The van der Waals surface area contributed by atoms with Crippen LogP contribution in [0.3, 0.4) is 0 Å². The molecule has 7 nitrogen and oxygen atoms in total. The first-order chi connectivity index (χ1) is 9.31. The second kappa shape index (κ2) is 7.14. The largest absolute Gasteiger partial charge is 0.478 e. The van der Waals surface area contributed by atoms with Crippen LogP contribution in [0.15, 0.2) is 27.6 Å². The molecule has 0 amide bonds. The fraction of sp³-hybridized carbons (Fsp3) is 0.364. The molecule has 1 rings (SSSR count). The van der Waals surface area contributed by atoms with E-state index in [0.717, 1.165) is 0 Å². The number of benzene rings is 1. The third-order valence-electron chi connectivity index (χ3n) is 2.43.